The van der Waals surface area contributed by atoms with Crippen molar-refractivity contribution in [2.45, 2.75) is 38.5 Å². The van der Waals surface area contributed by atoms with E-state index < -0.39 is 0 Å². The smallest absolute Gasteiger partial charge is 0.261 e. The molecule has 0 aliphatic carbocycles. The average Bonchev–Trinajstić information content (AvgIpc) is 2.84. The SMILES string of the molecule is CC(C)(CCCCN1C(=O)c2ccccc2C1=O)c1ccccc1. The van der Waals surface area contributed by atoms with Gasteiger partial charge in [0.2, 0.25) is 0 Å². The van der Waals surface area contributed by atoms with Gasteiger partial charge in [0.1, 0.15) is 0 Å². The number of hydrogen-bond donors (Lipinski definition) is 0. The van der Waals surface area contributed by atoms with E-state index in [-0.39, 0.29) is 17.2 Å². The largest absolute Gasteiger partial charge is 0.274 e. The van der Waals surface area contributed by atoms with Crippen molar-refractivity contribution >= 4 is 11.8 Å². The van der Waals surface area contributed by atoms with Crippen molar-refractivity contribution in [3.63, 3.8) is 0 Å². The normalized spacial score (nSPS) is 14.2. The van der Waals surface area contributed by atoms with Gasteiger partial charge in [-0.05, 0) is 36.0 Å². The van der Waals surface area contributed by atoms with Gasteiger partial charge in [-0.25, -0.2) is 0 Å². The monoisotopic (exact) mass is 321 g/mol. The molecule has 0 atom stereocenters. The number of unbranched alkanes of at least 4 members (excludes halogenated alkanes) is 1. The standard InChI is InChI=1S/C21H23NO2/c1-21(2,16-10-4-3-5-11-16)14-8-9-15-22-19(23)17-12-6-7-13-18(17)20(22)24/h3-7,10-13H,8-9,14-15H2,1-2H3. The van der Waals surface area contributed by atoms with Crippen LogP contribution in [0.1, 0.15) is 59.4 Å². The maximum absolute atomic E-state index is 12.3. The average molecular weight is 321 g/mol. The highest BCUT2D eigenvalue weighted by atomic mass is 16.2. The maximum atomic E-state index is 12.3. The van der Waals surface area contributed by atoms with Crippen molar-refractivity contribution < 1.29 is 9.59 Å². The van der Waals surface area contributed by atoms with Crippen molar-refractivity contribution in [2.75, 3.05) is 6.54 Å². The van der Waals surface area contributed by atoms with Crippen LogP contribution in [0, 0.1) is 0 Å². The summed E-state index contributed by atoms with van der Waals surface area (Å²) < 4.78 is 0. The molecule has 0 saturated carbocycles. The zero-order chi connectivity index (χ0) is 17.2. The van der Waals surface area contributed by atoms with Crippen molar-refractivity contribution in [3.05, 3.63) is 71.3 Å². The van der Waals surface area contributed by atoms with Crippen molar-refractivity contribution in [1.29, 1.82) is 0 Å². The van der Waals surface area contributed by atoms with Crippen LogP contribution >= 0.6 is 0 Å². The molecule has 1 aliphatic heterocycles. The van der Waals surface area contributed by atoms with Crippen LogP contribution in [-0.4, -0.2) is 23.3 Å². The molecule has 24 heavy (non-hydrogen) atoms. The minimum atomic E-state index is -0.155. The molecule has 0 N–H and O–H groups in total. The molecule has 0 aromatic heterocycles. The summed E-state index contributed by atoms with van der Waals surface area (Å²) in [5, 5.41) is 0. The van der Waals surface area contributed by atoms with E-state index in [4.69, 9.17) is 0 Å². The molecule has 0 fully saturated rings. The van der Waals surface area contributed by atoms with Crippen LogP contribution < -0.4 is 0 Å². The molecule has 0 unspecified atom stereocenters. The van der Waals surface area contributed by atoms with E-state index in [2.05, 4.69) is 38.1 Å². The van der Waals surface area contributed by atoms with Gasteiger partial charge in [0.25, 0.3) is 11.8 Å². The third kappa shape index (κ3) is 3.12. The van der Waals surface area contributed by atoms with Crippen LogP contribution in [0.3, 0.4) is 0 Å². The Kier molecular flexibility index (Phi) is 4.52. The Morgan fingerprint density at radius 3 is 1.92 bits per heavy atom. The molecule has 3 rings (SSSR count). The lowest BCUT2D eigenvalue weighted by atomic mass is 9.80. The van der Waals surface area contributed by atoms with Gasteiger partial charge >= 0.3 is 0 Å². The highest BCUT2D eigenvalue weighted by molar-refractivity contribution is 6.21. The number of amides is 2. The third-order valence-electron chi connectivity index (χ3n) is 4.87. The number of benzene rings is 2. The maximum Gasteiger partial charge on any atom is 0.261 e. The Morgan fingerprint density at radius 2 is 1.33 bits per heavy atom. The van der Waals surface area contributed by atoms with E-state index in [9.17, 15) is 9.59 Å². The van der Waals surface area contributed by atoms with Gasteiger partial charge in [-0.15, -0.1) is 0 Å². The summed E-state index contributed by atoms with van der Waals surface area (Å²) in [6.45, 7) is 4.98. The first-order valence-corrected chi connectivity index (χ1v) is 8.51. The lowest BCUT2D eigenvalue weighted by Gasteiger charge is -2.25. The first-order valence-electron chi connectivity index (χ1n) is 8.51. The summed E-state index contributed by atoms with van der Waals surface area (Å²) in [5.41, 5.74) is 2.49. The number of rotatable bonds is 6. The van der Waals surface area contributed by atoms with Crippen LogP contribution in [0.15, 0.2) is 54.6 Å². The molecule has 0 radical (unpaired) electrons. The summed E-state index contributed by atoms with van der Waals surface area (Å²) in [5.74, 6) is -0.309. The van der Waals surface area contributed by atoms with Crippen LogP contribution in [0.4, 0.5) is 0 Å². The van der Waals surface area contributed by atoms with E-state index in [1.807, 2.05) is 6.07 Å². The summed E-state index contributed by atoms with van der Waals surface area (Å²) in [4.78, 5) is 26.0. The van der Waals surface area contributed by atoms with Crippen LogP contribution in [0.5, 0.6) is 0 Å². The minimum Gasteiger partial charge on any atom is -0.274 e. The van der Waals surface area contributed by atoms with Gasteiger partial charge in [-0.3, -0.25) is 14.5 Å². The highest BCUT2D eigenvalue weighted by Gasteiger charge is 2.34. The fourth-order valence-corrected chi connectivity index (χ4v) is 3.31. The summed E-state index contributed by atoms with van der Waals surface area (Å²) in [7, 11) is 0. The van der Waals surface area contributed by atoms with E-state index in [1.165, 1.54) is 10.5 Å². The topological polar surface area (TPSA) is 37.4 Å². The third-order valence-corrected chi connectivity index (χ3v) is 4.87. The number of fused-ring (bicyclic) bond motifs is 1. The van der Waals surface area contributed by atoms with E-state index in [1.54, 1.807) is 24.3 Å². The van der Waals surface area contributed by atoms with Crippen molar-refractivity contribution in [2.24, 2.45) is 0 Å². The summed E-state index contributed by atoms with van der Waals surface area (Å²) in [6, 6.07) is 17.5. The van der Waals surface area contributed by atoms with Gasteiger partial charge in [-0.1, -0.05) is 62.7 Å². The molecule has 0 saturated heterocycles. The molecule has 2 aromatic rings. The quantitative estimate of drug-likeness (QED) is 0.583. The second-order valence-electron chi connectivity index (χ2n) is 7.01. The number of nitrogens with zero attached hydrogens (tertiary/aromatic N) is 1. The zero-order valence-corrected chi connectivity index (χ0v) is 14.3. The first-order chi connectivity index (χ1) is 11.5. The molecule has 0 bridgehead atoms. The Bertz CT molecular complexity index is 714. The first kappa shape index (κ1) is 16.4. The predicted molar refractivity (Wildman–Crippen MR) is 95.1 cm³/mol. The molecule has 1 aliphatic rings. The van der Waals surface area contributed by atoms with E-state index in [0.29, 0.717) is 17.7 Å². The van der Waals surface area contributed by atoms with E-state index >= 15 is 0 Å². The van der Waals surface area contributed by atoms with Gasteiger partial charge in [0, 0.05) is 6.54 Å². The molecule has 3 nitrogen and oxygen atoms in total. The number of imide groups is 1. The summed E-state index contributed by atoms with van der Waals surface area (Å²) >= 11 is 0. The van der Waals surface area contributed by atoms with Crippen LogP contribution in [0.25, 0.3) is 0 Å². The number of carbonyl (C=O) groups is 2. The lowest BCUT2D eigenvalue weighted by Crippen LogP contribution is -2.31. The van der Waals surface area contributed by atoms with Gasteiger partial charge < -0.3 is 0 Å². The highest BCUT2D eigenvalue weighted by Crippen LogP contribution is 2.29. The lowest BCUT2D eigenvalue weighted by molar-refractivity contribution is 0.0651. The molecule has 0 spiro atoms. The Morgan fingerprint density at radius 1 is 0.792 bits per heavy atom. The van der Waals surface area contributed by atoms with Crippen LogP contribution in [0.2, 0.25) is 0 Å². The van der Waals surface area contributed by atoms with Crippen molar-refractivity contribution in [3.8, 4) is 0 Å². The molecule has 2 aromatic carbocycles. The van der Waals surface area contributed by atoms with Gasteiger partial charge in [0.05, 0.1) is 11.1 Å². The van der Waals surface area contributed by atoms with Crippen LogP contribution in [-0.2, 0) is 5.41 Å². The van der Waals surface area contributed by atoms with Gasteiger partial charge in [0.15, 0.2) is 0 Å². The second-order valence-corrected chi connectivity index (χ2v) is 7.01. The molecule has 124 valence electrons. The molecule has 2 amide bonds. The Hall–Kier alpha value is -2.42. The molecule has 1 heterocycles. The zero-order valence-electron chi connectivity index (χ0n) is 14.3. The van der Waals surface area contributed by atoms with Crippen molar-refractivity contribution in [1.82, 2.24) is 4.90 Å². The molecular formula is C21H23NO2. The number of carbonyl (C=O) groups excluding carboxylic acids is 2. The fraction of sp³-hybridized carbons (Fsp3) is 0.333. The van der Waals surface area contributed by atoms with Gasteiger partial charge in [-0.2, -0.15) is 0 Å². The minimum absolute atomic E-state index is 0.100. The summed E-state index contributed by atoms with van der Waals surface area (Å²) in [6.07, 6.45) is 2.84. The fourth-order valence-electron chi connectivity index (χ4n) is 3.31. The molecular weight excluding hydrogens is 298 g/mol. The predicted octanol–water partition coefficient (Wildman–Crippen LogP) is 4.43. The second kappa shape index (κ2) is 6.60. The molecule has 3 heteroatoms. The van der Waals surface area contributed by atoms with E-state index in [0.717, 1.165) is 19.3 Å². The Balaban J connectivity index is 1.55. The number of hydrogen-bond acceptors (Lipinski definition) is 2. The Labute approximate surface area is 143 Å².